The molecule has 0 aliphatic rings. The summed E-state index contributed by atoms with van der Waals surface area (Å²) in [6, 6.07) is 15.0. The van der Waals surface area contributed by atoms with Gasteiger partial charge >= 0.3 is 0 Å². The fraction of sp³-hybridized carbons (Fsp3) is 0.348. The van der Waals surface area contributed by atoms with Crippen molar-refractivity contribution < 1.29 is 9.59 Å². The molecular weight excluding hydrogens is 400 g/mol. The van der Waals surface area contributed by atoms with Crippen LogP contribution in [-0.4, -0.2) is 45.9 Å². The molecule has 2 aromatic carbocycles. The summed E-state index contributed by atoms with van der Waals surface area (Å²) in [5.74, 6) is 0.805. The van der Waals surface area contributed by atoms with E-state index >= 15 is 0 Å². The minimum Gasteiger partial charge on any atom is -0.355 e. The number of halogens is 1. The van der Waals surface area contributed by atoms with Gasteiger partial charge in [0.2, 0.25) is 11.8 Å². The van der Waals surface area contributed by atoms with Crippen molar-refractivity contribution in [2.75, 3.05) is 19.6 Å². The molecular formula is C23H27ClN4O2. The third-order valence-electron chi connectivity index (χ3n) is 5.09. The first-order valence-electron chi connectivity index (χ1n) is 10.2. The molecule has 6 nitrogen and oxygen atoms in total. The molecule has 1 heterocycles. The number of hydrogen-bond acceptors (Lipinski definition) is 3. The number of fused-ring (bicyclic) bond motifs is 1. The molecule has 3 rings (SSSR count). The standard InChI is InChI=1S/C23H27ClN4O2/c1-3-27(4-2)23(30)16-28-20-8-6-5-7-19(20)26-21(28)13-14-25-22(29)15-17-9-11-18(24)12-10-17/h5-12H,3-4,13-16H2,1-2H3,(H,25,29). The largest absolute Gasteiger partial charge is 0.355 e. The second-order valence-electron chi connectivity index (χ2n) is 7.07. The SMILES string of the molecule is CCN(CC)C(=O)Cn1c(CCNC(=O)Cc2ccc(Cl)cc2)nc2ccccc21. The monoisotopic (exact) mass is 426 g/mol. The van der Waals surface area contributed by atoms with Crippen molar-refractivity contribution >= 4 is 34.4 Å². The van der Waals surface area contributed by atoms with Crippen LogP contribution < -0.4 is 5.32 Å². The summed E-state index contributed by atoms with van der Waals surface area (Å²) < 4.78 is 1.96. The van der Waals surface area contributed by atoms with Gasteiger partial charge in [-0.1, -0.05) is 35.9 Å². The molecule has 0 aliphatic carbocycles. The summed E-state index contributed by atoms with van der Waals surface area (Å²) in [4.78, 5) is 31.4. The van der Waals surface area contributed by atoms with E-state index in [-0.39, 0.29) is 18.4 Å². The van der Waals surface area contributed by atoms with E-state index in [1.807, 2.05) is 59.7 Å². The number of likely N-dealkylation sites (N-methyl/N-ethyl adjacent to an activating group) is 1. The Kier molecular flexibility index (Phi) is 7.46. The van der Waals surface area contributed by atoms with E-state index in [0.717, 1.165) is 22.4 Å². The number of para-hydroxylation sites is 2. The molecule has 0 bridgehead atoms. The van der Waals surface area contributed by atoms with Gasteiger partial charge in [-0.25, -0.2) is 4.98 Å². The molecule has 0 fully saturated rings. The second-order valence-corrected chi connectivity index (χ2v) is 7.51. The molecule has 158 valence electrons. The quantitative estimate of drug-likeness (QED) is 0.569. The lowest BCUT2D eigenvalue weighted by Gasteiger charge is -2.20. The van der Waals surface area contributed by atoms with Crippen LogP contribution in [0, 0.1) is 0 Å². The molecule has 30 heavy (non-hydrogen) atoms. The Balaban J connectivity index is 1.67. The lowest BCUT2D eigenvalue weighted by molar-refractivity contribution is -0.131. The smallest absolute Gasteiger partial charge is 0.242 e. The Hall–Kier alpha value is -2.86. The molecule has 7 heteroatoms. The van der Waals surface area contributed by atoms with Gasteiger partial charge in [-0.2, -0.15) is 0 Å². The van der Waals surface area contributed by atoms with Gasteiger partial charge in [-0.05, 0) is 43.7 Å². The number of nitrogens with zero attached hydrogens (tertiary/aromatic N) is 3. The Morgan fingerprint density at radius 2 is 1.77 bits per heavy atom. The second kappa shape index (κ2) is 10.3. The van der Waals surface area contributed by atoms with Crippen molar-refractivity contribution in [1.29, 1.82) is 0 Å². The van der Waals surface area contributed by atoms with Crippen molar-refractivity contribution in [2.45, 2.75) is 33.2 Å². The van der Waals surface area contributed by atoms with E-state index in [1.54, 1.807) is 12.1 Å². The maximum absolute atomic E-state index is 12.7. The highest BCUT2D eigenvalue weighted by atomic mass is 35.5. The van der Waals surface area contributed by atoms with Crippen LogP contribution in [-0.2, 0) is 29.0 Å². The van der Waals surface area contributed by atoms with Gasteiger partial charge in [0, 0.05) is 31.1 Å². The molecule has 0 aliphatic heterocycles. The average Bonchev–Trinajstić information content (AvgIpc) is 3.08. The maximum atomic E-state index is 12.7. The Morgan fingerprint density at radius 3 is 2.47 bits per heavy atom. The maximum Gasteiger partial charge on any atom is 0.242 e. The van der Waals surface area contributed by atoms with E-state index in [0.29, 0.717) is 37.5 Å². The Morgan fingerprint density at radius 1 is 1.07 bits per heavy atom. The summed E-state index contributed by atoms with van der Waals surface area (Å²) in [5.41, 5.74) is 2.70. The Labute approximate surface area is 181 Å². The fourth-order valence-corrected chi connectivity index (χ4v) is 3.59. The van der Waals surface area contributed by atoms with E-state index in [4.69, 9.17) is 16.6 Å². The van der Waals surface area contributed by atoms with Crippen LogP contribution in [0.4, 0.5) is 0 Å². The third-order valence-corrected chi connectivity index (χ3v) is 5.34. The zero-order valence-electron chi connectivity index (χ0n) is 17.4. The van der Waals surface area contributed by atoms with Crippen molar-refractivity contribution in [3.8, 4) is 0 Å². The summed E-state index contributed by atoms with van der Waals surface area (Å²) in [6.45, 7) is 6.01. The van der Waals surface area contributed by atoms with Crippen LogP contribution in [0.5, 0.6) is 0 Å². The van der Waals surface area contributed by atoms with E-state index < -0.39 is 0 Å². The zero-order valence-corrected chi connectivity index (χ0v) is 18.2. The van der Waals surface area contributed by atoms with Gasteiger partial charge in [-0.3, -0.25) is 9.59 Å². The molecule has 0 atom stereocenters. The number of imidazole rings is 1. The molecule has 0 unspecified atom stereocenters. The molecule has 2 amide bonds. The van der Waals surface area contributed by atoms with Gasteiger partial charge in [0.1, 0.15) is 12.4 Å². The first-order valence-corrected chi connectivity index (χ1v) is 10.6. The lowest BCUT2D eigenvalue weighted by Crippen LogP contribution is -2.34. The van der Waals surface area contributed by atoms with E-state index in [9.17, 15) is 9.59 Å². The minimum atomic E-state index is -0.0563. The number of carbonyl (C=O) groups is 2. The van der Waals surface area contributed by atoms with Gasteiger partial charge < -0.3 is 14.8 Å². The molecule has 1 aromatic heterocycles. The van der Waals surface area contributed by atoms with Crippen molar-refractivity contribution in [1.82, 2.24) is 19.8 Å². The van der Waals surface area contributed by atoms with Gasteiger partial charge in [0.15, 0.2) is 0 Å². The highest BCUT2D eigenvalue weighted by molar-refractivity contribution is 6.30. The lowest BCUT2D eigenvalue weighted by atomic mass is 10.1. The Bertz CT molecular complexity index is 1010. The van der Waals surface area contributed by atoms with Crippen LogP contribution in [0.3, 0.4) is 0 Å². The summed E-state index contributed by atoms with van der Waals surface area (Å²) in [7, 11) is 0. The normalized spacial score (nSPS) is 10.9. The topological polar surface area (TPSA) is 67.2 Å². The number of benzene rings is 2. The predicted molar refractivity (Wildman–Crippen MR) is 120 cm³/mol. The number of carbonyl (C=O) groups excluding carboxylic acids is 2. The number of hydrogen-bond donors (Lipinski definition) is 1. The molecule has 0 saturated heterocycles. The minimum absolute atomic E-state index is 0.0563. The summed E-state index contributed by atoms with van der Waals surface area (Å²) in [5, 5.41) is 3.59. The first-order chi connectivity index (χ1) is 14.5. The summed E-state index contributed by atoms with van der Waals surface area (Å²) in [6.07, 6.45) is 0.848. The van der Waals surface area contributed by atoms with Crippen molar-refractivity contribution in [3.05, 3.63) is 64.9 Å². The average molecular weight is 427 g/mol. The fourth-order valence-electron chi connectivity index (χ4n) is 3.47. The third kappa shape index (κ3) is 5.39. The zero-order chi connectivity index (χ0) is 21.5. The van der Waals surface area contributed by atoms with Crippen molar-refractivity contribution in [2.24, 2.45) is 0 Å². The van der Waals surface area contributed by atoms with E-state index in [2.05, 4.69) is 5.32 Å². The van der Waals surface area contributed by atoms with Crippen LogP contribution in [0.25, 0.3) is 11.0 Å². The number of rotatable bonds is 9. The number of amides is 2. The van der Waals surface area contributed by atoms with Gasteiger partial charge in [0.05, 0.1) is 17.5 Å². The number of nitrogens with one attached hydrogen (secondary N) is 1. The van der Waals surface area contributed by atoms with E-state index in [1.165, 1.54) is 0 Å². The highest BCUT2D eigenvalue weighted by Gasteiger charge is 2.16. The molecule has 0 radical (unpaired) electrons. The summed E-state index contributed by atoms with van der Waals surface area (Å²) >= 11 is 5.89. The van der Waals surface area contributed by atoms with Crippen LogP contribution in [0.15, 0.2) is 48.5 Å². The van der Waals surface area contributed by atoms with Crippen LogP contribution >= 0.6 is 11.6 Å². The van der Waals surface area contributed by atoms with Crippen LogP contribution in [0.2, 0.25) is 5.02 Å². The van der Waals surface area contributed by atoms with Crippen molar-refractivity contribution in [3.63, 3.8) is 0 Å². The van der Waals surface area contributed by atoms with Crippen LogP contribution in [0.1, 0.15) is 25.2 Å². The molecule has 1 N–H and O–H groups in total. The van der Waals surface area contributed by atoms with Gasteiger partial charge in [0.25, 0.3) is 0 Å². The number of aromatic nitrogens is 2. The first kappa shape index (κ1) is 21.8. The predicted octanol–water partition coefficient (Wildman–Crippen LogP) is 3.46. The highest BCUT2D eigenvalue weighted by Crippen LogP contribution is 2.17. The molecule has 3 aromatic rings. The molecule has 0 spiro atoms. The van der Waals surface area contributed by atoms with Gasteiger partial charge in [-0.15, -0.1) is 0 Å². The molecule has 0 saturated carbocycles.